The second-order valence-corrected chi connectivity index (χ2v) is 1.55. The second kappa shape index (κ2) is 5.68. The number of allylic oxidation sites excluding steroid dienone is 2. The van der Waals surface area contributed by atoms with Gasteiger partial charge >= 0.3 is 6.09 Å². The zero-order valence-electron chi connectivity index (χ0n) is 5.45. The maximum atomic E-state index is 8.78. The summed E-state index contributed by atoms with van der Waals surface area (Å²) in [6, 6.07) is 0. The molecule has 1 amide bonds. The predicted octanol–water partition coefficient (Wildman–Crippen LogP) is 0.630. The third-order valence-electron chi connectivity index (χ3n) is 0.700. The first-order chi connectivity index (χ1) is 4.73. The van der Waals surface area contributed by atoms with Crippen molar-refractivity contribution in [2.75, 3.05) is 0 Å². The normalized spacial score (nSPS) is 12.8. The van der Waals surface area contributed by atoms with Gasteiger partial charge in [-0.25, -0.2) is 4.79 Å². The molecule has 0 saturated carbocycles. The van der Waals surface area contributed by atoms with E-state index in [-0.39, 0.29) is 0 Å². The second-order valence-electron chi connectivity index (χ2n) is 1.55. The molecule has 0 radical (unpaired) electrons. The largest absolute Gasteiger partial charge is 0.465 e. The minimum Gasteiger partial charge on any atom is -0.465 e. The standard InChI is InChI=1S/C5H7N.CH3NO2/c1-2-4-6-5-3-1;2-1(3)4/h2-6H,1H2;2H2,(H,3,4). The quantitative estimate of drug-likeness (QED) is 0.464. The summed E-state index contributed by atoms with van der Waals surface area (Å²) in [4.78, 5) is 8.78. The van der Waals surface area contributed by atoms with Crippen LogP contribution in [0.15, 0.2) is 24.6 Å². The zero-order chi connectivity index (χ0) is 7.82. The lowest BCUT2D eigenvalue weighted by Crippen LogP contribution is -2.03. The Morgan fingerprint density at radius 2 is 1.90 bits per heavy atom. The number of primary amides is 1. The van der Waals surface area contributed by atoms with Crippen LogP contribution in [-0.2, 0) is 0 Å². The van der Waals surface area contributed by atoms with Crippen molar-refractivity contribution >= 4 is 6.09 Å². The van der Waals surface area contributed by atoms with Crippen LogP contribution >= 0.6 is 0 Å². The molecular weight excluding hydrogens is 132 g/mol. The number of hydrogen-bond acceptors (Lipinski definition) is 2. The average molecular weight is 142 g/mol. The van der Waals surface area contributed by atoms with Gasteiger partial charge in [0.25, 0.3) is 0 Å². The third kappa shape index (κ3) is 9.75. The van der Waals surface area contributed by atoms with E-state index >= 15 is 0 Å². The number of nitrogens with one attached hydrogen (secondary N) is 1. The van der Waals surface area contributed by atoms with Crippen LogP contribution in [-0.4, -0.2) is 11.2 Å². The van der Waals surface area contributed by atoms with Crippen LogP contribution in [0.5, 0.6) is 0 Å². The number of carbonyl (C=O) groups is 1. The fourth-order valence-electron chi connectivity index (χ4n) is 0.406. The molecular formula is C6H10N2O2. The highest BCUT2D eigenvalue weighted by Crippen LogP contribution is 1.86. The number of hydrogen-bond donors (Lipinski definition) is 3. The van der Waals surface area contributed by atoms with Gasteiger partial charge in [0, 0.05) is 0 Å². The molecule has 56 valence electrons. The monoisotopic (exact) mass is 142 g/mol. The summed E-state index contributed by atoms with van der Waals surface area (Å²) in [5.41, 5.74) is 4.03. The van der Waals surface area contributed by atoms with Gasteiger partial charge in [-0.3, -0.25) is 0 Å². The molecule has 10 heavy (non-hydrogen) atoms. The molecule has 0 unspecified atom stereocenters. The lowest BCUT2D eigenvalue weighted by atomic mass is 10.4. The number of rotatable bonds is 0. The molecule has 1 rings (SSSR count). The van der Waals surface area contributed by atoms with Gasteiger partial charge in [-0.15, -0.1) is 0 Å². The Kier molecular flexibility index (Phi) is 4.86. The molecule has 0 atom stereocenters. The summed E-state index contributed by atoms with van der Waals surface area (Å²) in [5.74, 6) is 0. The van der Waals surface area contributed by atoms with E-state index in [1.54, 1.807) is 0 Å². The van der Waals surface area contributed by atoms with E-state index < -0.39 is 6.09 Å². The van der Waals surface area contributed by atoms with E-state index in [2.05, 4.69) is 23.2 Å². The molecule has 0 saturated heterocycles. The molecule has 4 N–H and O–H groups in total. The van der Waals surface area contributed by atoms with Crippen molar-refractivity contribution in [3.8, 4) is 0 Å². The van der Waals surface area contributed by atoms with E-state index in [4.69, 9.17) is 9.90 Å². The van der Waals surface area contributed by atoms with E-state index in [0.29, 0.717) is 0 Å². The smallest absolute Gasteiger partial charge is 0.402 e. The Bertz CT molecular complexity index is 128. The molecule has 0 fully saturated rings. The summed E-state index contributed by atoms with van der Waals surface area (Å²) in [6.45, 7) is 0. The molecule has 0 bridgehead atoms. The van der Waals surface area contributed by atoms with Gasteiger partial charge in [-0.05, 0) is 18.8 Å². The average Bonchev–Trinajstić information content (AvgIpc) is 1.90. The first-order valence-electron chi connectivity index (χ1n) is 2.78. The van der Waals surface area contributed by atoms with Gasteiger partial charge in [-0.2, -0.15) is 0 Å². The Hall–Kier alpha value is -1.45. The number of nitrogens with two attached hydrogens (primary N) is 1. The maximum absolute atomic E-state index is 8.78. The van der Waals surface area contributed by atoms with Crippen molar-refractivity contribution in [1.29, 1.82) is 0 Å². The topological polar surface area (TPSA) is 75.3 Å². The molecule has 4 heteroatoms. The molecule has 0 aromatic carbocycles. The zero-order valence-corrected chi connectivity index (χ0v) is 5.45. The first kappa shape index (κ1) is 8.55. The van der Waals surface area contributed by atoms with Crippen molar-refractivity contribution in [2.45, 2.75) is 6.42 Å². The fourth-order valence-corrected chi connectivity index (χ4v) is 0.406. The highest BCUT2D eigenvalue weighted by molar-refractivity contribution is 5.61. The molecule has 1 aliphatic heterocycles. The van der Waals surface area contributed by atoms with Crippen LogP contribution in [0.2, 0.25) is 0 Å². The Balaban J connectivity index is 0.000000180. The van der Waals surface area contributed by atoms with Gasteiger partial charge in [0.05, 0.1) is 0 Å². The molecule has 0 spiro atoms. The van der Waals surface area contributed by atoms with Gasteiger partial charge < -0.3 is 16.2 Å². The van der Waals surface area contributed by atoms with Crippen molar-refractivity contribution in [2.24, 2.45) is 5.73 Å². The minimum absolute atomic E-state index is 1.08. The Morgan fingerprint density at radius 3 is 2.00 bits per heavy atom. The van der Waals surface area contributed by atoms with E-state index in [9.17, 15) is 0 Å². The lowest BCUT2D eigenvalue weighted by Gasteiger charge is -1.92. The van der Waals surface area contributed by atoms with Gasteiger partial charge in [-0.1, -0.05) is 12.2 Å². The van der Waals surface area contributed by atoms with Crippen molar-refractivity contribution in [1.82, 2.24) is 5.32 Å². The van der Waals surface area contributed by atoms with Crippen LogP contribution in [0.3, 0.4) is 0 Å². The van der Waals surface area contributed by atoms with Gasteiger partial charge in [0.15, 0.2) is 0 Å². The van der Waals surface area contributed by atoms with Crippen LogP contribution in [0.4, 0.5) is 4.79 Å². The maximum Gasteiger partial charge on any atom is 0.402 e. The van der Waals surface area contributed by atoms with Crippen molar-refractivity contribution in [3.63, 3.8) is 0 Å². The van der Waals surface area contributed by atoms with E-state index in [0.717, 1.165) is 6.42 Å². The summed E-state index contributed by atoms with van der Waals surface area (Å²) in [6.07, 6.45) is 7.74. The molecule has 1 aliphatic rings. The summed E-state index contributed by atoms with van der Waals surface area (Å²) >= 11 is 0. The molecule has 4 nitrogen and oxygen atoms in total. The van der Waals surface area contributed by atoms with Crippen LogP contribution in [0, 0.1) is 0 Å². The highest BCUT2D eigenvalue weighted by atomic mass is 16.4. The highest BCUT2D eigenvalue weighted by Gasteiger charge is 1.73. The number of dihydropyridines is 1. The number of carboxylic acid groups (broad SMARTS) is 1. The molecule has 1 heterocycles. The van der Waals surface area contributed by atoms with Crippen molar-refractivity contribution < 1.29 is 9.90 Å². The van der Waals surface area contributed by atoms with Gasteiger partial charge in [0.1, 0.15) is 0 Å². The van der Waals surface area contributed by atoms with Crippen molar-refractivity contribution in [3.05, 3.63) is 24.6 Å². The summed E-state index contributed by atoms with van der Waals surface area (Å²) in [5, 5.41) is 10.1. The van der Waals surface area contributed by atoms with Crippen LogP contribution in [0.1, 0.15) is 6.42 Å². The summed E-state index contributed by atoms with van der Waals surface area (Å²) in [7, 11) is 0. The first-order valence-corrected chi connectivity index (χ1v) is 2.78. The predicted molar refractivity (Wildman–Crippen MR) is 38.2 cm³/mol. The van der Waals surface area contributed by atoms with E-state index in [1.807, 2.05) is 12.4 Å². The van der Waals surface area contributed by atoms with Crippen LogP contribution in [0.25, 0.3) is 0 Å². The third-order valence-corrected chi connectivity index (χ3v) is 0.700. The molecule has 0 aromatic rings. The fraction of sp³-hybridized carbons (Fsp3) is 0.167. The lowest BCUT2D eigenvalue weighted by molar-refractivity contribution is 0.205. The SMILES string of the molecule is C1=CNC=CC1.NC(=O)O. The summed E-state index contributed by atoms with van der Waals surface area (Å²) < 4.78 is 0. The Morgan fingerprint density at radius 1 is 1.50 bits per heavy atom. The van der Waals surface area contributed by atoms with Crippen LogP contribution < -0.4 is 11.1 Å². The van der Waals surface area contributed by atoms with Gasteiger partial charge in [0.2, 0.25) is 0 Å². The van der Waals surface area contributed by atoms with E-state index in [1.165, 1.54) is 0 Å². The molecule has 0 aliphatic carbocycles. The minimum atomic E-state index is -1.33. The Labute approximate surface area is 59.0 Å². The number of amides is 1. The molecule has 0 aromatic heterocycles.